The zero-order chi connectivity index (χ0) is 20.2. The number of hydrogen-bond acceptors (Lipinski definition) is 8. The first-order chi connectivity index (χ1) is 14.1. The molecule has 0 saturated heterocycles. The second-order valence-electron chi connectivity index (χ2n) is 5.90. The molecule has 0 aliphatic rings. The van der Waals surface area contributed by atoms with Crippen LogP contribution in [0.25, 0.3) is 11.0 Å². The van der Waals surface area contributed by atoms with Crippen LogP contribution in [0.4, 0.5) is 10.8 Å². The van der Waals surface area contributed by atoms with Crippen molar-refractivity contribution in [3.05, 3.63) is 76.1 Å². The predicted molar refractivity (Wildman–Crippen MR) is 107 cm³/mol. The fraction of sp³-hybridized carbons (Fsp3) is 0.0526. The van der Waals surface area contributed by atoms with Crippen LogP contribution >= 0.6 is 11.3 Å². The number of aromatic nitrogens is 3. The third-order valence-electron chi connectivity index (χ3n) is 3.83. The summed E-state index contributed by atoms with van der Waals surface area (Å²) in [5.41, 5.74) is 0.475. The maximum absolute atomic E-state index is 12.3. The number of nitrogens with one attached hydrogen (secondary N) is 2. The molecular weight excluding hydrogens is 394 g/mol. The molecule has 2 N–H and O–H groups in total. The number of carbonyl (C=O) groups excluding carboxylic acids is 2. The molecule has 9 nitrogen and oxygen atoms in total. The lowest BCUT2D eigenvalue weighted by Gasteiger charge is -2.04. The van der Waals surface area contributed by atoms with Crippen molar-refractivity contribution in [2.75, 3.05) is 10.6 Å². The lowest BCUT2D eigenvalue weighted by molar-refractivity contribution is -0.115. The van der Waals surface area contributed by atoms with Crippen LogP contribution in [0, 0.1) is 0 Å². The van der Waals surface area contributed by atoms with E-state index in [1.54, 1.807) is 35.7 Å². The highest BCUT2D eigenvalue weighted by molar-refractivity contribution is 7.14. The van der Waals surface area contributed by atoms with Crippen LogP contribution in [0.3, 0.4) is 0 Å². The molecular formula is C19H13N5O4S. The average Bonchev–Trinajstić information content (AvgIpc) is 3.15. The van der Waals surface area contributed by atoms with Gasteiger partial charge in [-0.3, -0.25) is 19.9 Å². The van der Waals surface area contributed by atoms with E-state index in [0.29, 0.717) is 21.8 Å². The third-order valence-corrected chi connectivity index (χ3v) is 4.63. The van der Waals surface area contributed by atoms with Crippen LogP contribution in [-0.4, -0.2) is 26.8 Å². The van der Waals surface area contributed by atoms with Gasteiger partial charge in [-0.1, -0.05) is 18.2 Å². The second-order valence-corrected chi connectivity index (χ2v) is 6.76. The summed E-state index contributed by atoms with van der Waals surface area (Å²) in [6.45, 7) is 0. The number of amides is 2. The average molecular weight is 407 g/mol. The molecule has 144 valence electrons. The standard InChI is InChI=1S/C19H13N5O4S/c25-16(23-13-7-11-3-1-2-4-15(11)28-18(13)27)8-12-10-29-19(22-12)24-17(26)14-9-20-5-6-21-14/h1-7,9-10H,8H2,(H,23,25)(H,22,24,26). The summed E-state index contributed by atoms with van der Waals surface area (Å²) in [6, 6.07) is 8.58. The first-order valence-electron chi connectivity index (χ1n) is 8.43. The van der Waals surface area contributed by atoms with Gasteiger partial charge in [0.2, 0.25) is 5.91 Å². The van der Waals surface area contributed by atoms with Crippen molar-refractivity contribution in [2.24, 2.45) is 0 Å². The van der Waals surface area contributed by atoms with Gasteiger partial charge in [0.05, 0.1) is 18.3 Å². The van der Waals surface area contributed by atoms with Crippen LogP contribution in [-0.2, 0) is 11.2 Å². The number of hydrogen-bond donors (Lipinski definition) is 2. The third kappa shape index (κ3) is 4.33. The molecule has 0 aliphatic carbocycles. The van der Waals surface area contributed by atoms with Crippen LogP contribution in [0.5, 0.6) is 0 Å². The molecule has 0 radical (unpaired) electrons. The fourth-order valence-corrected chi connectivity index (χ4v) is 3.24. The van der Waals surface area contributed by atoms with Gasteiger partial charge in [-0.15, -0.1) is 11.3 Å². The highest BCUT2D eigenvalue weighted by Crippen LogP contribution is 2.18. The van der Waals surface area contributed by atoms with Crippen LogP contribution < -0.4 is 16.3 Å². The Kier molecular flexibility index (Phi) is 5.08. The van der Waals surface area contributed by atoms with Crippen molar-refractivity contribution in [1.29, 1.82) is 0 Å². The molecule has 0 bridgehead atoms. The van der Waals surface area contributed by atoms with Gasteiger partial charge in [-0.05, 0) is 12.1 Å². The van der Waals surface area contributed by atoms with Gasteiger partial charge in [-0.2, -0.15) is 0 Å². The number of fused-ring (bicyclic) bond motifs is 1. The summed E-state index contributed by atoms with van der Waals surface area (Å²) in [4.78, 5) is 48.3. The fourth-order valence-electron chi connectivity index (χ4n) is 2.53. The summed E-state index contributed by atoms with van der Waals surface area (Å²) in [5.74, 6) is -0.873. The largest absolute Gasteiger partial charge is 0.421 e. The predicted octanol–water partition coefficient (Wildman–Crippen LogP) is 2.47. The van der Waals surface area contributed by atoms with Crippen molar-refractivity contribution in [2.45, 2.75) is 6.42 Å². The number of rotatable bonds is 5. The molecule has 10 heteroatoms. The Morgan fingerprint density at radius 2 is 2.00 bits per heavy atom. The molecule has 4 aromatic rings. The number of thiazole rings is 1. The van der Waals surface area contributed by atoms with E-state index in [-0.39, 0.29) is 17.8 Å². The normalized spacial score (nSPS) is 10.6. The van der Waals surface area contributed by atoms with Crippen LogP contribution in [0.2, 0.25) is 0 Å². The van der Waals surface area contributed by atoms with E-state index in [1.807, 2.05) is 0 Å². The summed E-state index contributed by atoms with van der Waals surface area (Å²) < 4.78 is 5.19. The minimum Gasteiger partial charge on any atom is -0.421 e. The van der Waals surface area contributed by atoms with E-state index in [0.717, 1.165) is 0 Å². The lowest BCUT2D eigenvalue weighted by atomic mass is 10.2. The number of nitrogens with zero attached hydrogens (tertiary/aromatic N) is 3. The van der Waals surface area contributed by atoms with Crippen LogP contribution in [0.15, 0.2) is 63.5 Å². The van der Waals surface area contributed by atoms with Crippen molar-refractivity contribution in [3.63, 3.8) is 0 Å². The number of carbonyl (C=O) groups is 2. The Hall–Kier alpha value is -3.92. The Morgan fingerprint density at radius 3 is 2.83 bits per heavy atom. The summed E-state index contributed by atoms with van der Waals surface area (Å²) in [5, 5.41) is 7.81. The zero-order valence-electron chi connectivity index (χ0n) is 14.8. The molecule has 4 rings (SSSR count). The Morgan fingerprint density at radius 1 is 1.14 bits per heavy atom. The molecule has 0 spiro atoms. The summed E-state index contributed by atoms with van der Waals surface area (Å²) >= 11 is 1.17. The lowest BCUT2D eigenvalue weighted by Crippen LogP contribution is -2.19. The first kappa shape index (κ1) is 18.4. The topological polar surface area (TPSA) is 127 Å². The minimum atomic E-state index is -0.632. The summed E-state index contributed by atoms with van der Waals surface area (Å²) in [6.07, 6.45) is 4.15. The Balaban J connectivity index is 1.41. The van der Waals surface area contributed by atoms with Gasteiger partial charge in [0, 0.05) is 23.2 Å². The number of benzene rings is 1. The first-order valence-corrected chi connectivity index (χ1v) is 9.31. The monoisotopic (exact) mass is 407 g/mol. The molecule has 0 saturated carbocycles. The minimum absolute atomic E-state index is 0.0557. The molecule has 3 heterocycles. The zero-order valence-corrected chi connectivity index (χ0v) is 15.6. The number of para-hydroxylation sites is 1. The van der Waals surface area contributed by atoms with Crippen molar-refractivity contribution in [1.82, 2.24) is 15.0 Å². The molecule has 3 aromatic heterocycles. The maximum atomic E-state index is 12.3. The molecule has 0 atom stereocenters. The molecule has 2 amide bonds. The van der Waals surface area contributed by atoms with Gasteiger partial charge in [0.15, 0.2) is 5.13 Å². The molecule has 29 heavy (non-hydrogen) atoms. The van der Waals surface area contributed by atoms with Crippen LogP contribution in [0.1, 0.15) is 16.2 Å². The molecule has 1 aromatic carbocycles. The maximum Gasteiger partial charge on any atom is 0.360 e. The quantitative estimate of drug-likeness (QED) is 0.487. The smallest absolute Gasteiger partial charge is 0.360 e. The summed E-state index contributed by atoms with van der Waals surface area (Å²) in [7, 11) is 0. The highest BCUT2D eigenvalue weighted by atomic mass is 32.1. The Bertz CT molecular complexity index is 1250. The van der Waals surface area contributed by atoms with E-state index in [9.17, 15) is 14.4 Å². The van der Waals surface area contributed by atoms with Crippen molar-refractivity contribution < 1.29 is 14.0 Å². The number of anilines is 2. The van der Waals surface area contributed by atoms with E-state index in [2.05, 4.69) is 25.6 Å². The van der Waals surface area contributed by atoms with Crippen molar-refractivity contribution >= 4 is 44.9 Å². The van der Waals surface area contributed by atoms with Gasteiger partial charge in [0.25, 0.3) is 5.91 Å². The van der Waals surface area contributed by atoms with Gasteiger partial charge >= 0.3 is 5.63 Å². The van der Waals surface area contributed by atoms with E-state index >= 15 is 0 Å². The van der Waals surface area contributed by atoms with Gasteiger partial charge in [0.1, 0.15) is 17.0 Å². The van der Waals surface area contributed by atoms with E-state index in [1.165, 1.54) is 29.9 Å². The molecule has 0 aliphatic heterocycles. The van der Waals surface area contributed by atoms with E-state index in [4.69, 9.17) is 4.42 Å². The molecule has 0 fully saturated rings. The SMILES string of the molecule is O=C(Cc1csc(NC(=O)c2cnccn2)n1)Nc1cc2ccccc2oc1=O. The van der Waals surface area contributed by atoms with Gasteiger partial charge in [-0.25, -0.2) is 14.8 Å². The molecule has 0 unspecified atom stereocenters. The second kappa shape index (κ2) is 7.98. The van der Waals surface area contributed by atoms with E-state index < -0.39 is 17.4 Å². The Labute approximate surface area is 167 Å². The van der Waals surface area contributed by atoms with Crippen molar-refractivity contribution in [3.8, 4) is 0 Å². The van der Waals surface area contributed by atoms with Gasteiger partial charge < -0.3 is 9.73 Å². The highest BCUT2D eigenvalue weighted by Gasteiger charge is 2.14.